The smallest absolute Gasteiger partial charge is 0.161 e. The van der Waals surface area contributed by atoms with E-state index in [0.717, 1.165) is 43.2 Å². The molecule has 106 valence electrons. The molecule has 1 fully saturated rings. The Hall–Kier alpha value is -1.26. The molecule has 2 atom stereocenters. The third kappa shape index (κ3) is 3.19. The molecule has 0 saturated carbocycles. The highest BCUT2D eigenvalue weighted by atomic mass is 16.5. The summed E-state index contributed by atoms with van der Waals surface area (Å²) in [5.41, 5.74) is 1.16. The molecular formula is C15H23NO3. The Morgan fingerprint density at radius 3 is 2.74 bits per heavy atom. The van der Waals surface area contributed by atoms with Gasteiger partial charge < -0.3 is 19.5 Å². The molecule has 1 aliphatic heterocycles. The zero-order chi connectivity index (χ0) is 13.7. The fraction of sp³-hybridized carbons (Fsp3) is 0.600. The summed E-state index contributed by atoms with van der Waals surface area (Å²) >= 11 is 0. The minimum absolute atomic E-state index is 0.152. The largest absolute Gasteiger partial charge is 0.493 e. The van der Waals surface area contributed by atoms with Crippen LogP contribution in [0.25, 0.3) is 0 Å². The van der Waals surface area contributed by atoms with Gasteiger partial charge in [0.2, 0.25) is 0 Å². The summed E-state index contributed by atoms with van der Waals surface area (Å²) in [4.78, 5) is 0. The molecule has 1 aliphatic rings. The Morgan fingerprint density at radius 1 is 1.26 bits per heavy atom. The maximum absolute atomic E-state index is 5.89. The minimum Gasteiger partial charge on any atom is -0.493 e. The van der Waals surface area contributed by atoms with Crippen LogP contribution in [0.1, 0.15) is 25.0 Å². The van der Waals surface area contributed by atoms with E-state index in [1.807, 2.05) is 12.1 Å². The van der Waals surface area contributed by atoms with Gasteiger partial charge in [0.15, 0.2) is 11.5 Å². The van der Waals surface area contributed by atoms with Gasteiger partial charge in [-0.1, -0.05) is 13.0 Å². The standard InChI is InChI=1S/C15H23NO3/c1-4-16-10-12-7-8-19-15(12)11-5-6-13(17-2)14(9-11)18-3/h5-6,9,12,15-16H,4,7-8,10H2,1-3H3. The molecule has 4 heteroatoms. The van der Waals surface area contributed by atoms with E-state index < -0.39 is 0 Å². The normalized spacial score (nSPS) is 22.5. The number of methoxy groups -OCH3 is 2. The molecule has 0 bridgehead atoms. The van der Waals surface area contributed by atoms with Crippen LogP contribution >= 0.6 is 0 Å². The first-order chi connectivity index (χ1) is 9.30. The second-order valence-electron chi connectivity index (χ2n) is 4.76. The molecule has 1 saturated heterocycles. The van der Waals surface area contributed by atoms with Crippen molar-refractivity contribution >= 4 is 0 Å². The van der Waals surface area contributed by atoms with Gasteiger partial charge in [-0.05, 0) is 30.7 Å². The van der Waals surface area contributed by atoms with Crippen LogP contribution in [0.3, 0.4) is 0 Å². The Labute approximate surface area is 115 Å². The average Bonchev–Trinajstić information content (AvgIpc) is 2.92. The highest BCUT2D eigenvalue weighted by Gasteiger charge is 2.29. The van der Waals surface area contributed by atoms with Crippen LogP contribution in [0.5, 0.6) is 11.5 Å². The lowest BCUT2D eigenvalue weighted by atomic mass is 9.95. The van der Waals surface area contributed by atoms with Crippen molar-refractivity contribution in [2.24, 2.45) is 5.92 Å². The highest BCUT2D eigenvalue weighted by Crippen LogP contribution is 2.38. The van der Waals surface area contributed by atoms with Crippen molar-refractivity contribution in [3.63, 3.8) is 0 Å². The van der Waals surface area contributed by atoms with Crippen molar-refractivity contribution in [2.45, 2.75) is 19.4 Å². The van der Waals surface area contributed by atoms with Crippen LogP contribution in [0.4, 0.5) is 0 Å². The van der Waals surface area contributed by atoms with Gasteiger partial charge in [0, 0.05) is 19.1 Å². The van der Waals surface area contributed by atoms with Crippen molar-refractivity contribution in [3.05, 3.63) is 23.8 Å². The molecule has 2 unspecified atom stereocenters. The Morgan fingerprint density at radius 2 is 2.05 bits per heavy atom. The molecular weight excluding hydrogens is 242 g/mol. The monoisotopic (exact) mass is 265 g/mol. The maximum Gasteiger partial charge on any atom is 0.161 e. The predicted molar refractivity (Wildman–Crippen MR) is 74.9 cm³/mol. The zero-order valence-electron chi connectivity index (χ0n) is 11.9. The van der Waals surface area contributed by atoms with Gasteiger partial charge in [-0.2, -0.15) is 0 Å². The summed E-state index contributed by atoms with van der Waals surface area (Å²) in [6.45, 7) is 4.95. The lowest BCUT2D eigenvalue weighted by Crippen LogP contribution is -2.24. The molecule has 2 rings (SSSR count). The SMILES string of the molecule is CCNCC1CCOC1c1ccc(OC)c(OC)c1. The molecule has 19 heavy (non-hydrogen) atoms. The van der Waals surface area contributed by atoms with Crippen molar-refractivity contribution in [2.75, 3.05) is 33.9 Å². The minimum atomic E-state index is 0.152. The van der Waals surface area contributed by atoms with Crippen LogP contribution in [0.15, 0.2) is 18.2 Å². The quantitative estimate of drug-likeness (QED) is 0.857. The first-order valence-corrected chi connectivity index (χ1v) is 6.84. The Balaban J connectivity index is 2.16. The Kier molecular flexibility index (Phi) is 5.05. The van der Waals surface area contributed by atoms with E-state index in [0.29, 0.717) is 5.92 Å². The maximum atomic E-state index is 5.89. The first kappa shape index (κ1) is 14.2. The van der Waals surface area contributed by atoms with Crippen LogP contribution < -0.4 is 14.8 Å². The number of hydrogen-bond donors (Lipinski definition) is 1. The second kappa shape index (κ2) is 6.78. The molecule has 0 aliphatic carbocycles. The van der Waals surface area contributed by atoms with Gasteiger partial charge >= 0.3 is 0 Å². The summed E-state index contributed by atoms with van der Waals surface area (Å²) < 4.78 is 16.5. The van der Waals surface area contributed by atoms with Crippen molar-refractivity contribution in [1.29, 1.82) is 0 Å². The van der Waals surface area contributed by atoms with Gasteiger partial charge in [-0.25, -0.2) is 0 Å². The fourth-order valence-electron chi connectivity index (χ4n) is 2.57. The van der Waals surface area contributed by atoms with E-state index >= 15 is 0 Å². The number of rotatable bonds is 6. The molecule has 4 nitrogen and oxygen atoms in total. The number of ether oxygens (including phenoxy) is 3. The van der Waals surface area contributed by atoms with E-state index in [-0.39, 0.29) is 6.10 Å². The molecule has 0 aromatic heterocycles. The molecule has 1 aromatic carbocycles. The lowest BCUT2D eigenvalue weighted by molar-refractivity contribution is 0.0904. The first-order valence-electron chi connectivity index (χ1n) is 6.84. The summed E-state index contributed by atoms with van der Waals surface area (Å²) in [7, 11) is 3.31. The summed E-state index contributed by atoms with van der Waals surface area (Å²) in [5, 5.41) is 3.41. The van der Waals surface area contributed by atoms with Crippen molar-refractivity contribution < 1.29 is 14.2 Å². The molecule has 0 amide bonds. The second-order valence-corrected chi connectivity index (χ2v) is 4.76. The van der Waals surface area contributed by atoms with Crippen LogP contribution in [0, 0.1) is 5.92 Å². The number of benzene rings is 1. The number of nitrogens with one attached hydrogen (secondary N) is 1. The van der Waals surface area contributed by atoms with Crippen LogP contribution in [-0.4, -0.2) is 33.9 Å². The predicted octanol–water partition coefficient (Wildman–Crippen LogP) is 2.39. The summed E-state index contributed by atoms with van der Waals surface area (Å²) in [6.07, 6.45) is 1.25. The fourth-order valence-corrected chi connectivity index (χ4v) is 2.57. The zero-order valence-corrected chi connectivity index (χ0v) is 11.9. The Bertz CT molecular complexity index is 408. The van der Waals surface area contributed by atoms with Crippen LogP contribution in [-0.2, 0) is 4.74 Å². The van der Waals surface area contributed by atoms with Gasteiger partial charge in [0.1, 0.15) is 0 Å². The van der Waals surface area contributed by atoms with E-state index in [9.17, 15) is 0 Å². The molecule has 1 N–H and O–H groups in total. The highest BCUT2D eigenvalue weighted by molar-refractivity contribution is 5.43. The molecule has 1 aromatic rings. The van der Waals surface area contributed by atoms with Crippen LogP contribution in [0.2, 0.25) is 0 Å². The van der Waals surface area contributed by atoms with Gasteiger partial charge in [0.25, 0.3) is 0 Å². The third-order valence-corrected chi connectivity index (χ3v) is 3.61. The molecule has 0 radical (unpaired) electrons. The molecule has 1 heterocycles. The average molecular weight is 265 g/mol. The van der Waals surface area contributed by atoms with E-state index in [4.69, 9.17) is 14.2 Å². The van der Waals surface area contributed by atoms with Crippen molar-refractivity contribution in [3.8, 4) is 11.5 Å². The topological polar surface area (TPSA) is 39.7 Å². The summed E-state index contributed by atoms with van der Waals surface area (Å²) in [6, 6.07) is 6.03. The summed E-state index contributed by atoms with van der Waals surface area (Å²) in [5.74, 6) is 2.04. The lowest BCUT2D eigenvalue weighted by Gasteiger charge is -2.20. The number of hydrogen-bond acceptors (Lipinski definition) is 4. The van der Waals surface area contributed by atoms with Crippen molar-refractivity contribution in [1.82, 2.24) is 5.32 Å². The van der Waals surface area contributed by atoms with Gasteiger partial charge in [-0.3, -0.25) is 0 Å². The molecule has 0 spiro atoms. The third-order valence-electron chi connectivity index (χ3n) is 3.61. The van der Waals surface area contributed by atoms with E-state index in [1.54, 1.807) is 14.2 Å². The van der Waals surface area contributed by atoms with Gasteiger partial charge in [-0.15, -0.1) is 0 Å². The van der Waals surface area contributed by atoms with E-state index in [2.05, 4.69) is 18.3 Å². The van der Waals surface area contributed by atoms with E-state index in [1.165, 1.54) is 0 Å². The van der Waals surface area contributed by atoms with Gasteiger partial charge in [0.05, 0.1) is 20.3 Å².